The summed E-state index contributed by atoms with van der Waals surface area (Å²) in [7, 11) is 0.628. The Morgan fingerprint density at radius 3 is 1.30 bits per heavy atom. The molecule has 3 aliphatic rings. The molecule has 3 atom stereocenters. The fourth-order valence-corrected chi connectivity index (χ4v) is 3.69. The molecule has 0 spiro atoms. The summed E-state index contributed by atoms with van der Waals surface area (Å²) in [4.78, 5) is 0. The monoisotopic (exact) mass is 346 g/mol. The summed E-state index contributed by atoms with van der Waals surface area (Å²) in [6.07, 6.45) is 6.98. The molecule has 0 amide bonds. The van der Waals surface area contributed by atoms with E-state index in [-0.39, 0.29) is 18.3 Å². The Kier molecular flexibility index (Phi) is 6.88. The van der Waals surface area contributed by atoms with Crippen molar-refractivity contribution in [3.8, 4) is 0 Å². The van der Waals surface area contributed by atoms with Crippen LogP contribution in [0.5, 0.6) is 0 Å². The van der Waals surface area contributed by atoms with E-state index in [0.29, 0.717) is 30.1 Å². The second kappa shape index (κ2) is 8.89. The molecule has 0 aromatic heterocycles. The van der Waals surface area contributed by atoms with Crippen molar-refractivity contribution in [1.82, 2.24) is 0 Å². The van der Waals surface area contributed by atoms with E-state index in [1.54, 1.807) is 0 Å². The summed E-state index contributed by atoms with van der Waals surface area (Å²) in [6.45, 7) is 4.07. The van der Waals surface area contributed by atoms with Crippen LogP contribution in [0.25, 0.3) is 0 Å². The molecule has 3 unspecified atom stereocenters. The molecule has 3 saturated heterocycles. The van der Waals surface area contributed by atoms with Crippen LogP contribution in [0.2, 0.25) is 0 Å². The maximum absolute atomic E-state index is 6.01. The molecule has 23 heavy (non-hydrogen) atoms. The third-order valence-electron chi connectivity index (χ3n) is 4.67. The van der Waals surface area contributed by atoms with E-state index in [1.165, 1.54) is 0 Å². The fraction of sp³-hybridized carbons (Fsp3) is 1.00. The number of hydrogen-bond donors (Lipinski definition) is 0. The zero-order chi connectivity index (χ0) is 16.0. The minimum atomic E-state index is -0.927. The van der Waals surface area contributed by atoms with Crippen LogP contribution in [-0.2, 0) is 28.4 Å². The molecule has 0 aromatic rings. The molecule has 0 bridgehead atoms. The minimum Gasteiger partial charge on any atom is -0.376 e. The van der Waals surface area contributed by atoms with Gasteiger partial charge in [-0.15, -0.1) is 0 Å². The molecule has 0 aromatic carbocycles. The molecular formula is C16H30O6Si. The van der Waals surface area contributed by atoms with Crippen LogP contribution in [0.3, 0.4) is 0 Å². The lowest BCUT2D eigenvalue weighted by molar-refractivity contribution is -0.339. The topological polar surface area (TPSA) is 55.4 Å². The maximum Gasteiger partial charge on any atom is 0.245 e. The molecule has 134 valence electrons. The summed E-state index contributed by atoms with van der Waals surface area (Å²) in [5, 5.41) is 0. The van der Waals surface area contributed by atoms with E-state index in [0.717, 1.165) is 58.3 Å². The second-order valence-electron chi connectivity index (χ2n) is 6.70. The smallest absolute Gasteiger partial charge is 0.245 e. The molecular weight excluding hydrogens is 316 g/mol. The van der Waals surface area contributed by atoms with Crippen LogP contribution in [0.1, 0.15) is 38.5 Å². The molecule has 7 heteroatoms. The standard InChI is InChI=1S/C16H30O6Si/c23-16(20-10-13-4-1-7-17-13,21-11-14-5-2-8-18-14)22-12-15-6-3-9-19-15/h13-15H,1-12H2,23H3. The molecule has 3 aliphatic heterocycles. The highest BCUT2D eigenvalue weighted by molar-refractivity contribution is 6.12. The first-order valence-corrected chi connectivity index (χ1v) is 10.0. The molecule has 3 rings (SSSR count). The van der Waals surface area contributed by atoms with E-state index in [4.69, 9.17) is 28.4 Å². The van der Waals surface area contributed by atoms with E-state index in [9.17, 15) is 0 Å². The predicted molar refractivity (Wildman–Crippen MR) is 87.4 cm³/mol. The van der Waals surface area contributed by atoms with Crippen LogP contribution in [0, 0.1) is 0 Å². The quantitative estimate of drug-likeness (QED) is 0.449. The van der Waals surface area contributed by atoms with E-state index in [2.05, 4.69) is 0 Å². The van der Waals surface area contributed by atoms with Crippen molar-refractivity contribution in [3.63, 3.8) is 0 Å². The zero-order valence-corrected chi connectivity index (χ0v) is 16.2. The summed E-state index contributed by atoms with van der Waals surface area (Å²) in [6, 6.07) is 0. The zero-order valence-electron chi connectivity index (χ0n) is 14.2. The molecule has 0 aliphatic carbocycles. The average molecular weight is 346 g/mol. The van der Waals surface area contributed by atoms with Gasteiger partial charge in [0.2, 0.25) is 5.60 Å². The predicted octanol–water partition coefficient (Wildman–Crippen LogP) is 0.550. The number of rotatable bonds is 9. The Morgan fingerprint density at radius 2 is 1.04 bits per heavy atom. The third kappa shape index (κ3) is 5.77. The van der Waals surface area contributed by atoms with Gasteiger partial charge >= 0.3 is 0 Å². The van der Waals surface area contributed by atoms with Gasteiger partial charge in [-0.3, -0.25) is 0 Å². The lowest BCUT2D eigenvalue weighted by atomic mass is 10.2. The summed E-state index contributed by atoms with van der Waals surface area (Å²) in [5.74, 6) is 0. The van der Waals surface area contributed by atoms with Gasteiger partial charge in [-0.1, -0.05) is 0 Å². The molecule has 0 saturated carbocycles. The van der Waals surface area contributed by atoms with E-state index < -0.39 is 5.60 Å². The first-order chi connectivity index (χ1) is 11.2. The van der Waals surface area contributed by atoms with Crippen LogP contribution in [-0.4, -0.2) is 73.8 Å². The molecule has 3 fully saturated rings. The van der Waals surface area contributed by atoms with Gasteiger partial charge < -0.3 is 28.4 Å². The first-order valence-electron chi connectivity index (χ1n) is 9.00. The Morgan fingerprint density at radius 1 is 0.696 bits per heavy atom. The Balaban J connectivity index is 1.46. The van der Waals surface area contributed by atoms with E-state index in [1.807, 2.05) is 0 Å². The molecule has 3 heterocycles. The highest BCUT2D eigenvalue weighted by Gasteiger charge is 2.32. The van der Waals surface area contributed by atoms with E-state index >= 15 is 0 Å². The van der Waals surface area contributed by atoms with Crippen LogP contribution in [0.15, 0.2) is 0 Å². The second-order valence-corrected chi connectivity index (χ2v) is 7.93. The van der Waals surface area contributed by atoms with Crippen molar-refractivity contribution in [2.24, 2.45) is 0 Å². The van der Waals surface area contributed by atoms with Gasteiger partial charge in [-0.25, -0.2) is 0 Å². The van der Waals surface area contributed by atoms with Crippen LogP contribution in [0.4, 0.5) is 0 Å². The van der Waals surface area contributed by atoms with Gasteiger partial charge in [-0.2, -0.15) is 0 Å². The van der Waals surface area contributed by atoms with Gasteiger partial charge in [0, 0.05) is 19.8 Å². The number of hydrogen-bond acceptors (Lipinski definition) is 6. The molecule has 6 nitrogen and oxygen atoms in total. The van der Waals surface area contributed by atoms with Gasteiger partial charge in [0.05, 0.1) is 38.1 Å². The minimum absolute atomic E-state index is 0.168. The van der Waals surface area contributed by atoms with Crippen molar-refractivity contribution >= 4 is 10.2 Å². The normalized spacial score (nSPS) is 34.2. The van der Waals surface area contributed by atoms with Crippen LogP contribution < -0.4 is 0 Å². The van der Waals surface area contributed by atoms with Crippen molar-refractivity contribution < 1.29 is 28.4 Å². The third-order valence-corrected chi connectivity index (χ3v) is 5.53. The Hall–Kier alpha value is -0.0231. The van der Waals surface area contributed by atoms with Gasteiger partial charge in [-0.05, 0) is 38.5 Å². The lowest BCUT2D eigenvalue weighted by Crippen LogP contribution is -2.45. The largest absolute Gasteiger partial charge is 0.376 e. The highest BCUT2D eigenvalue weighted by atomic mass is 28.1. The van der Waals surface area contributed by atoms with Gasteiger partial charge in [0.1, 0.15) is 10.2 Å². The van der Waals surface area contributed by atoms with Crippen molar-refractivity contribution in [2.75, 3.05) is 39.6 Å². The lowest BCUT2D eigenvalue weighted by Gasteiger charge is -2.33. The summed E-state index contributed by atoms with van der Waals surface area (Å²) < 4.78 is 34.9. The Bertz CT molecular complexity index is 287. The molecule has 0 radical (unpaired) electrons. The summed E-state index contributed by atoms with van der Waals surface area (Å²) >= 11 is 0. The van der Waals surface area contributed by atoms with Crippen molar-refractivity contribution in [2.45, 2.75) is 62.4 Å². The fourth-order valence-electron chi connectivity index (χ4n) is 3.19. The average Bonchev–Trinajstić information content (AvgIpc) is 3.33. The first kappa shape index (κ1) is 17.8. The van der Waals surface area contributed by atoms with Gasteiger partial charge in [0.15, 0.2) is 0 Å². The SMILES string of the molecule is [SiH3]C(OCC1CCCO1)(OCC1CCCO1)OCC1CCCO1. The summed E-state index contributed by atoms with van der Waals surface area (Å²) in [5.41, 5.74) is -0.927. The van der Waals surface area contributed by atoms with Gasteiger partial charge in [0.25, 0.3) is 0 Å². The number of ether oxygens (including phenoxy) is 6. The maximum atomic E-state index is 6.01. The van der Waals surface area contributed by atoms with Crippen molar-refractivity contribution in [3.05, 3.63) is 0 Å². The van der Waals surface area contributed by atoms with Crippen molar-refractivity contribution in [1.29, 1.82) is 0 Å². The Labute approximate surface area is 141 Å². The molecule has 0 N–H and O–H groups in total. The highest BCUT2D eigenvalue weighted by Crippen LogP contribution is 2.22. The van der Waals surface area contributed by atoms with Crippen LogP contribution >= 0.6 is 0 Å².